The highest BCUT2D eigenvalue weighted by atomic mass is 31.2. The summed E-state index contributed by atoms with van der Waals surface area (Å²) in [6.45, 7) is 3.45. The van der Waals surface area contributed by atoms with Gasteiger partial charge in [0.05, 0.1) is 26.4 Å². The first-order valence-electron chi connectivity index (χ1n) is 27.6. The van der Waals surface area contributed by atoms with Crippen molar-refractivity contribution in [3.8, 4) is 0 Å². The maximum Gasteiger partial charge on any atom is 0.472 e. The van der Waals surface area contributed by atoms with Crippen LogP contribution < -0.4 is 0 Å². The Morgan fingerprint density at radius 2 is 0.864 bits per heavy atom. The topological polar surface area (TPSA) is 132 Å². The van der Waals surface area contributed by atoms with Crippen LogP contribution in [0.15, 0.2) is 48.6 Å². The second-order valence-electron chi connectivity index (χ2n) is 18.6. The molecule has 3 unspecified atom stereocenters. The Hall–Kier alpha value is -1.58. The van der Waals surface area contributed by atoms with Gasteiger partial charge in [0.1, 0.15) is 12.2 Å². The van der Waals surface area contributed by atoms with Gasteiger partial charge in [0.25, 0.3) is 0 Å². The van der Waals surface area contributed by atoms with E-state index in [-0.39, 0.29) is 25.6 Å². The van der Waals surface area contributed by atoms with Gasteiger partial charge >= 0.3 is 13.8 Å². The Bertz CT molecular complexity index is 1170. The van der Waals surface area contributed by atoms with Crippen LogP contribution in [0, 0.1) is 0 Å². The summed E-state index contributed by atoms with van der Waals surface area (Å²) in [5, 5.41) is 18.5. The van der Waals surface area contributed by atoms with E-state index in [0.717, 1.165) is 64.2 Å². The number of allylic oxidation sites excluding steroid dienone is 8. The van der Waals surface area contributed by atoms with Crippen molar-refractivity contribution in [1.29, 1.82) is 0 Å². The molecule has 66 heavy (non-hydrogen) atoms. The van der Waals surface area contributed by atoms with Gasteiger partial charge in [-0.2, -0.15) is 0 Å². The van der Waals surface area contributed by atoms with E-state index in [1.165, 1.54) is 173 Å². The van der Waals surface area contributed by atoms with Crippen molar-refractivity contribution in [2.75, 3.05) is 33.0 Å². The maximum atomic E-state index is 12.7. The van der Waals surface area contributed by atoms with Crippen molar-refractivity contribution in [3.05, 3.63) is 48.6 Å². The number of aliphatic hydroxyl groups excluding tert-OH is 2. The minimum absolute atomic E-state index is 0.0494. The summed E-state index contributed by atoms with van der Waals surface area (Å²) in [5.41, 5.74) is 0. The Morgan fingerprint density at radius 3 is 1.30 bits per heavy atom. The molecule has 0 aliphatic rings. The van der Waals surface area contributed by atoms with Crippen LogP contribution in [-0.2, 0) is 27.9 Å². The fraction of sp³-hybridized carbons (Fsp3) is 0.839. The van der Waals surface area contributed by atoms with Gasteiger partial charge in [-0.15, -0.1) is 0 Å². The largest absolute Gasteiger partial charge is 0.472 e. The fourth-order valence-electron chi connectivity index (χ4n) is 7.88. The molecule has 10 heteroatoms. The number of hydrogen-bond donors (Lipinski definition) is 3. The first-order chi connectivity index (χ1) is 32.3. The normalized spacial score (nSPS) is 14.1. The summed E-state index contributed by atoms with van der Waals surface area (Å²) in [6, 6.07) is 0. The van der Waals surface area contributed by atoms with Gasteiger partial charge in [-0.1, -0.05) is 249 Å². The van der Waals surface area contributed by atoms with Crippen LogP contribution in [0.1, 0.15) is 258 Å². The summed E-state index contributed by atoms with van der Waals surface area (Å²) in [6.07, 6.45) is 62.3. The Morgan fingerprint density at radius 1 is 0.485 bits per heavy atom. The molecule has 0 aromatic rings. The lowest BCUT2D eigenvalue weighted by Crippen LogP contribution is -2.29. The molecule has 3 atom stereocenters. The number of phosphoric ester groups is 1. The summed E-state index contributed by atoms with van der Waals surface area (Å²) >= 11 is 0. The third-order valence-electron chi connectivity index (χ3n) is 12.0. The second-order valence-corrected chi connectivity index (χ2v) is 20.0. The molecule has 0 radical (unpaired) electrons. The number of carbonyl (C=O) groups excluding carboxylic acids is 1. The first-order valence-corrected chi connectivity index (χ1v) is 29.1. The molecule has 0 aliphatic carbocycles. The van der Waals surface area contributed by atoms with Crippen LogP contribution in [0.3, 0.4) is 0 Å². The standard InChI is InChI=1S/C56H105O9P/c1-3-5-7-9-11-13-15-17-19-21-23-25-26-27-29-31-33-35-37-39-41-43-45-47-49-62-52-55(53-64-66(60,61)63-51-54(58)50-57)65-56(59)48-46-44-42-40-38-36-34-32-30-28-24-22-20-18-16-14-12-10-8-6-4-2/h5,7,11,13,17,19,23,25,54-55,57-58H,3-4,6,8-10,12,14-16,18,20-22,24,26-53H2,1-2H3,(H,60,61)/b7-5-,13-11-,19-17-,25-23-. The predicted octanol–water partition coefficient (Wildman–Crippen LogP) is 16.5. The van der Waals surface area contributed by atoms with Crippen molar-refractivity contribution < 1.29 is 43.0 Å². The number of phosphoric acid groups is 1. The van der Waals surface area contributed by atoms with Gasteiger partial charge in [-0.05, 0) is 51.4 Å². The van der Waals surface area contributed by atoms with Crippen LogP contribution >= 0.6 is 7.82 Å². The predicted molar refractivity (Wildman–Crippen MR) is 279 cm³/mol. The molecule has 0 spiro atoms. The van der Waals surface area contributed by atoms with Crippen molar-refractivity contribution in [2.45, 2.75) is 270 Å². The first kappa shape index (κ1) is 64.4. The highest BCUT2D eigenvalue weighted by Crippen LogP contribution is 2.43. The average molecular weight is 953 g/mol. The molecule has 0 saturated heterocycles. The third kappa shape index (κ3) is 51.8. The quantitative estimate of drug-likeness (QED) is 0.0236. The van der Waals surface area contributed by atoms with Crippen molar-refractivity contribution in [3.63, 3.8) is 0 Å². The zero-order valence-electron chi connectivity index (χ0n) is 42.9. The molecule has 0 aromatic carbocycles. The minimum atomic E-state index is -4.53. The molecular weight excluding hydrogens is 848 g/mol. The average Bonchev–Trinajstić information content (AvgIpc) is 3.31. The van der Waals surface area contributed by atoms with Gasteiger partial charge in [-0.25, -0.2) is 4.57 Å². The monoisotopic (exact) mass is 953 g/mol. The van der Waals surface area contributed by atoms with E-state index in [4.69, 9.17) is 23.6 Å². The summed E-state index contributed by atoms with van der Waals surface area (Å²) < 4.78 is 33.6. The number of rotatable bonds is 53. The second kappa shape index (κ2) is 52.8. The lowest BCUT2D eigenvalue weighted by molar-refractivity contribution is -0.154. The van der Waals surface area contributed by atoms with Crippen LogP contribution in [0.4, 0.5) is 0 Å². The number of unbranched alkanes of at least 4 members (excludes halogenated alkanes) is 31. The number of esters is 1. The van der Waals surface area contributed by atoms with E-state index in [0.29, 0.717) is 6.61 Å². The fourth-order valence-corrected chi connectivity index (χ4v) is 8.67. The minimum Gasteiger partial charge on any atom is -0.457 e. The van der Waals surface area contributed by atoms with Gasteiger partial charge < -0.3 is 24.6 Å². The molecule has 3 N–H and O–H groups in total. The summed E-state index contributed by atoms with van der Waals surface area (Å²) in [4.78, 5) is 22.7. The molecule has 0 rings (SSSR count). The molecule has 0 saturated carbocycles. The third-order valence-corrected chi connectivity index (χ3v) is 13.0. The van der Waals surface area contributed by atoms with E-state index in [9.17, 15) is 19.4 Å². The van der Waals surface area contributed by atoms with E-state index in [1.807, 2.05) is 0 Å². The smallest absolute Gasteiger partial charge is 0.457 e. The number of hydrogen-bond acceptors (Lipinski definition) is 8. The number of aliphatic hydroxyl groups is 2. The van der Waals surface area contributed by atoms with Crippen LogP contribution in [-0.4, -0.2) is 66.3 Å². The molecular formula is C56H105O9P. The van der Waals surface area contributed by atoms with E-state index < -0.39 is 33.2 Å². The van der Waals surface area contributed by atoms with Crippen molar-refractivity contribution in [1.82, 2.24) is 0 Å². The van der Waals surface area contributed by atoms with Crippen molar-refractivity contribution >= 4 is 13.8 Å². The zero-order valence-corrected chi connectivity index (χ0v) is 43.8. The lowest BCUT2D eigenvalue weighted by Gasteiger charge is -2.20. The lowest BCUT2D eigenvalue weighted by atomic mass is 10.0. The molecule has 0 bridgehead atoms. The summed E-state index contributed by atoms with van der Waals surface area (Å²) in [5.74, 6) is -0.378. The maximum absolute atomic E-state index is 12.7. The Labute approximate surface area is 407 Å². The van der Waals surface area contributed by atoms with E-state index in [2.05, 4.69) is 62.5 Å². The van der Waals surface area contributed by atoms with Crippen LogP contribution in [0.2, 0.25) is 0 Å². The molecule has 388 valence electrons. The molecule has 0 heterocycles. The van der Waals surface area contributed by atoms with Crippen LogP contribution in [0.5, 0.6) is 0 Å². The molecule has 0 aliphatic heterocycles. The van der Waals surface area contributed by atoms with Gasteiger partial charge in [0, 0.05) is 13.0 Å². The van der Waals surface area contributed by atoms with Gasteiger partial charge in [-0.3, -0.25) is 13.8 Å². The SMILES string of the molecule is CC/C=C\C/C=C\C/C=C\C/C=C\CCCCCCCCCCCCCOCC(COP(=O)(O)OCC(O)CO)OC(=O)CCCCCCCCCCCCCCCCCCCCCCC. The van der Waals surface area contributed by atoms with E-state index >= 15 is 0 Å². The summed E-state index contributed by atoms with van der Waals surface area (Å²) in [7, 11) is -4.53. The van der Waals surface area contributed by atoms with Gasteiger partial charge in [0.15, 0.2) is 0 Å². The van der Waals surface area contributed by atoms with Gasteiger partial charge in [0.2, 0.25) is 0 Å². The number of carbonyl (C=O) groups is 1. The van der Waals surface area contributed by atoms with E-state index in [1.54, 1.807) is 0 Å². The number of ether oxygens (including phenoxy) is 2. The molecule has 9 nitrogen and oxygen atoms in total. The molecule has 0 aromatic heterocycles. The highest BCUT2D eigenvalue weighted by molar-refractivity contribution is 7.47. The highest BCUT2D eigenvalue weighted by Gasteiger charge is 2.26. The Balaban J connectivity index is 4.01. The molecule has 0 amide bonds. The molecule has 0 fully saturated rings. The van der Waals surface area contributed by atoms with Crippen LogP contribution in [0.25, 0.3) is 0 Å². The van der Waals surface area contributed by atoms with Crippen molar-refractivity contribution in [2.24, 2.45) is 0 Å². The Kier molecular flexibility index (Phi) is 51.5. The zero-order chi connectivity index (χ0) is 48.1.